The van der Waals surface area contributed by atoms with Gasteiger partial charge in [-0.1, -0.05) is 61.3 Å². The van der Waals surface area contributed by atoms with Gasteiger partial charge in [0, 0.05) is 20.3 Å². The van der Waals surface area contributed by atoms with E-state index in [-0.39, 0.29) is 11.5 Å². The summed E-state index contributed by atoms with van der Waals surface area (Å²) < 4.78 is 1.01. The van der Waals surface area contributed by atoms with Crippen LogP contribution in [0.4, 0.5) is 0 Å². The SMILES string of the molecule is CCNC(c1nc(C(C)(C)C)cs1)c1ccc(Cl)cc1Br. The number of nitrogens with zero attached hydrogens (tertiary/aromatic N) is 1. The Morgan fingerprint density at radius 3 is 2.62 bits per heavy atom. The van der Waals surface area contributed by atoms with Crippen molar-refractivity contribution in [3.8, 4) is 0 Å². The highest BCUT2D eigenvalue weighted by Gasteiger charge is 2.23. The Bertz CT molecular complexity index is 619. The van der Waals surface area contributed by atoms with Crippen LogP contribution >= 0.6 is 38.9 Å². The smallest absolute Gasteiger partial charge is 0.114 e. The largest absolute Gasteiger partial charge is 0.305 e. The Morgan fingerprint density at radius 2 is 2.10 bits per heavy atom. The molecule has 0 aliphatic rings. The summed E-state index contributed by atoms with van der Waals surface area (Å²) in [4.78, 5) is 4.84. The molecule has 0 saturated carbocycles. The van der Waals surface area contributed by atoms with Gasteiger partial charge in [-0.15, -0.1) is 11.3 Å². The van der Waals surface area contributed by atoms with Crippen molar-refractivity contribution in [3.05, 3.63) is 49.3 Å². The molecule has 0 radical (unpaired) electrons. The normalized spacial score (nSPS) is 13.4. The minimum absolute atomic E-state index is 0.0722. The minimum Gasteiger partial charge on any atom is -0.305 e. The number of nitrogens with one attached hydrogen (secondary N) is 1. The van der Waals surface area contributed by atoms with Crippen molar-refractivity contribution in [1.82, 2.24) is 10.3 Å². The van der Waals surface area contributed by atoms with Gasteiger partial charge in [0.1, 0.15) is 5.01 Å². The van der Waals surface area contributed by atoms with Crippen molar-refractivity contribution < 1.29 is 0 Å². The van der Waals surface area contributed by atoms with E-state index in [0.717, 1.165) is 32.3 Å². The van der Waals surface area contributed by atoms with Crippen molar-refractivity contribution in [1.29, 1.82) is 0 Å². The highest BCUT2D eigenvalue weighted by Crippen LogP contribution is 2.34. The Kier molecular flexibility index (Phi) is 5.47. The molecule has 1 heterocycles. The summed E-state index contributed by atoms with van der Waals surface area (Å²) in [5.74, 6) is 0. The van der Waals surface area contributed by atoms with Crippen LogP contribution < -0.4 is 5.32 Å². The molecule has 1 unspecified atom stereocenters. The topological polar surface area (TPSA) is 24.9 Å². The zero-order valence-corrected chi connectivity index (χ0v) is 15.9. The van der Waals surface area contributed by atoms with Gasteiger partial charge in [-0.2, -0.15) is 0 Å². The van der Waals surface area contributed by atoms with Crippen LogP contribution in [0.15, 0.2) is 28.1 Å². The van der Waals surface area contributed by atoms with Crippen LogP contribution in [0.2, 0.25) is 5.02 Å². The summed E-state index contributed by atoms with van der Waals surface area (Å²) in [7, 11) is 0. The lowest BCUT2D eigenvalue weighted by atomic mass is 9.93. The van der Waals surface area contributed by atoms with E-state index in [2.05, 4.69) is 60.4 Å². The van der Waals surface area contributed by atoms with Crippen molar-refractivity contribution in [2.75, 3.05) is 6.54 Å². The van der Waals surface area contributed by atoms with Gasteiger partial charge in [0.05, 0.1) is 11.7 Å². The van der Waals surface area contributed by atoms with E-state index in [1.807, 2.05) is 12.1 Å². The molecule has 1 N–H and O–H groups in total. The summed E-state index contributed by atoms with van der Waals surface area (Å²) in [6.07, 6.45) is 0. The van der Waals surface area contributed by atoms with Gasteiger partial charge in [-0.05, 0) is 24.2 Å². The molecule has 2 nitrogen and oxygen atoms in total. The molecule has 0 bridgehead atoms. The Balaban J connectivity index is 2.41. The highest BCUT2D eigenvalue weighted by atomic mass is 79.9. The lowest BCUT2D eigenvalue weighted by Crippen LogP contribution is -2.22. The fourth-order valence-corrected chi connectivity index (χ4v) is 4.08. The number of aromatic nitrogens is 1. The zero-order chi connectivity index (χ0) is 15.6. The van der Waals surface area contributed by atoms with Crippen LogP contribution in [-0.2, 0) is 5.41 Å². The number of halogens is 2. The average molecular weight is 388 g/mol. The molecule has 2 aromatic rings. The minimum atomic E-state index is 0.0722. The zero-order valence-electron chi connectivity index (χ0n) is 12.7. The van der Waals surface area contributed by atoms with Crippen LogP contribution in [0.25, 0.3) is 0 Å². The highest BCUT2D eigenvalue weighted by molar-refractivity contribution is 9.10. The fourth-order valence-electron chi connectivity index (χ4n) is 2.03. The third-order valence-corrected chi connectivity index (χ3v) is 5.05. The molecule has 1 atom stereocenters. The molecule has 5 heteroatoms. The van der Waals surface area contributed by atoms with Gasteiger partial charge in [0.2, 0.25) is 0 Å². The molecule has 0 spiro atoms. The predicted molar refractivity (Wildman–Crippen MR) is 95.5 cm³/mol. The molecule has 0 saturated heterocycles. The van der Waals surface area contributed by atoms with E-state index in [1.54, 1.807) is 11.3 Å². The summed E-state index contributed by atoms with van der Waals surface area (Å²) >= 11 is 11.4. The first-order valence-corrected chi connectivity index (χ1v) is 9.02. The maximum absolute atomic E-state index is 6.05. The van der Waals surface area contributed by atoms with Crippen molar-refractivity contribution >= 4 is 38.9 Å². The lowest BCUT2D eigenvalue weighted by Gasteiger charge is -2.19. The number of thiazole rings is 1. The number of benzene rings is 1. The van der Waals surface area contributed by atoms with Gasteiger partial charge in [0.15, 0.2) is 0 Å². The second-order valence-electron chi connectivity index (χ2n) is 5.98. The van der Waals surface area contributed by atoms with Gasteiger partial charge >= 0.3 is 0 Å². The lowest BCUT2D eigenvalue weighted by molar-refractivity contribution is 0.562. The number of rotatable bonds is 4. The molecule has 1 aromatic heterocycles. The monoisotopic (exact) mass is 386 g/mol. The van der Waals surface area contributed by atoms with Crippen LogP contribution in [0, 0.1) is 0 Å². The summed E-state index contributed by atoms with van der Waals surface area (Å²) in [5, 5.41) is 7.49. The molecule has 2 rings (SSSR count). The average Bonchev–Trinajstić information content (AvgIpc) is 2.86. The van der Waals surface area contributed by atoms with Crippen molar-refractivity contribution in [2.24, 2.45) is 0 Å². The number of hydrogen-bond acceptors (Lipinski definition) is 3. The quantitative estimate of drug-likeness (QED) is 0.743. The first kappa shape index (κ1) is 16.9. The third kappa shape index (κ3) is 4.07. The first-order valence-electron chi connectivity index (χ1n) is 6.97. The predicted octanol–water partition coefficient (Wildman–Crippen LogP) is 5.56. The van der Waals surface area contributed by atoms with E-state index in [4.69, 9.17) is 16.6 Å². The van der Waals surface area contributed by atoms with Crippen LogP contribution in [0.5, 0.6) is 0 Å². The Morgan fingerprint density at radius 1 is 1.38 bits per heavy atom. The molecular weight excluding hydrogens is 368 g/mol. The van der Waals surface area contributed by atoms with Crippen molar-refractivity contribution in [2.45, 2.75) is 39.2 Å². The van der Waals surface area contributed by atoms with Gasteiger partial charge < -0.3 is 5.32 Å². The standard InChI is InChI=1S/C16H20BrClN2S/c1-5-19-14(11-7-6-10(18)8-12(11)17)15-20-13(9-21-15)16(2,3)4/h6-9,14,19H,5H2,1-4H3. The van der Waals surface area contributed by atoms with E-state index in [9.17, 15) is 0 Å². The molecule has 0 fully saturated rings. The van der Waals surface area contributed by atoms with Crippen LogP contribution in [0.3, 0.4) is 0 Å². The molecular formula is C16H20BrClN2S. The van der Waals surface area contributed by atoms with Crippen LogP contribution in [0.1, 0.15) is 50.0 Å². The first-order chi connectivity index (χ1) is 9.82. The maximum Gasteiger partial charge on any atom is 0.114 e. The van der Waals surface area contributed by atoms with Gasteiger partial charge in [0.25, 0.3) is 0 Å². The Hall–Kier alpha value is -0.420. The third-order valence-electron chi connectivity index (χ3n) is 3.22. The Labute approximate surface area is 144 Å². The van der Waals surface area contributed by atoms with Crippen molar-refractivity contribution in [3.63, 3.8) is 0 Å². The van der Waals surface area contributed by atoms with Gasteiger partial charge in [-0.25, -0.2) is 4.98 Å². The molecule has 21 heavy (non-hydrogen) atoms. The molecule has 0 aliphatic heterocycles. The molecule has 1 aromatic carbocycles. The molecule has 114 valence electrons. The van der Waals surface area contributed by atoms with Crippen LogP contribution in [-0.4, -0.2) is 11.5 Å². The number of hydrogen-bond donors (Lipinski definition) is 1. The van der Waals surface area contributed by atoms with E-state index < -0.39 is 0 Å². The summed E-state index contributed by atoms with van der Waals surface area (Å²) in [5.41, 5.74) is 2.37. The van der Waals surface area contributed by atoms with E-state index >= 15 is 0 Å². The van der Waals surface area contributed by atoms with Gasteiger partial charge in [-0.3, -0.25) is 0 Å². The molecule has 0 amide bonds. The molecule has 0 aliphatic carbocycles. The van der Waals surface area contributed by atoms with E-state index in [0.29, 0.717) is 0 Å². The van der Waals surface area contributed by atoms with E-state index in [1.165, 1.54) is 0 Å². The maximum atomic E-state index is 6.05. The second-order valence-corrected chi connectivity index (χ2v) is 8.16. The second kappa shape index (κ2) is 6.78. The summed E-state index contributed by atoms with van der Waals surface area (Å²) in [6.45, 7) is 9.55. The summed E-state index contributed by atoms with van der Waals surface area (Å²) in [6, 6.07) is 5.99. The fraction of sp³-hybridized carbons (Fsp3) is 0.438.